The van der Waals surface area contributed by atoms with E-state index in [-0.39, 0.29) is 5.91 Å². The number of benzene rings is 2. The van der Waals surface area contributed by atoms with Crippen molar-refractivity contribution in [3.63, 3.8) is 0 Å². The summed E-state index contributed by atoms with van der Waals surface area (Å²) in [5, 5.41) is 3.02. The van der Waals surface area contributed by atoms with Gasteiger partial charge in [-0.1, -0.05) is 43.3 Å². The number of hydrogen-bond donors (Lipinski definition) is 1. The highest BCUT2D eigenvalue weighted by molar-refractivity contribution is 5.76. The Hall–Kier alpha value is -2.33. The molecule has 1 aliphatic heterocycles. The summed E-state index contributed by atoms with van der Waals surface area (Å²) in [6, 6.07) is 17.0. The molecule has 4 nitrogen and oxygen atoms in total. The Balaban J connectivity index is 1.42. The van der Waals surface area contributed by atoms with Crippen molar-refractivity contribution < 1.29 is 9.53 Å². The lowest BCUT2D eigenvalue weighted by Crippen LogP contribution is -2.36. The molecule has 1 aliphatic rings. The van der Waals surface area contributed by atoms with Gasteiger partial charge in [-0.15, -0.1) is 0 Å². The SMILES string of the molecule is CCc1ccc(CCC(=O)NCc2ccc(N3CCOCC3)cc2)cc1. The van der Waals surface area contributed by atoms with Gasteiger partial charge in [0.2, 0.25) is 5.91 Å². The molecule has 0 unspecified atom stereocenters. The van der Waals surface area contributed by atoms with Crippen molar-refractivity contribution in [3.05, 3.63) is 65.2 Å². The van der Waals surface area contributed by atoms with Crippen LogP contribution in [0.3, 0.4) is 0 Å². The Kier molecular flexibility index (Phi) is 6.67. The van der Waals surface area contributed by atoms with Crippen LogP contribution in [0.15, 0.2) is 48.5 Å². The Labute approximate surface area is 156 Å². The first-order valence-electron chi connectivity index (χ1n) is 9.51. The van der Waals surface area contributed by atoms with Crippen LogP contribution in [0.4, 0.5) is 5.69 Å². The van der Waals surface area contributed by atoms with E-state index in [0.29, 0.717) is 13.0 Å². The van der Waals surface area contributed by atoms with Gasteiger partial charge >= 0.3 is 0 Å². The average molecular weight is 352 g/mol. The van der Waals surface area contributed by atoms with Crippen molar-refractivity contribution in [2.24, 2.45) is 0 Å². The van der Waals surface area contributed by atoms with Gasteiger partial charge in [0.15, 0.2) is 0 Å². The largest absolute Gasteiger partial charge is 0.378 e. The molecule has 1 amide bonds. The van der Waals surface area contributed by atoms with Crippen molar-refractivity contribution in [2.75, 3.05) is 31.2 Å². The molecule has 3 rings (SSSR count). The number of ether oxygens (including phenoxy) is 1. The minimum absolute atomic E-state index is 0.0989. The maximum absolute atomic E-state index is 12.1. The molecule has 0 bridgehead atoms. The van der Waals surface area contributed by atoms with Crippen LogP contribution >= 0.6 is 0 Å². The number of rotatable bonds is 7. The van der Waals surface area contributed by atoms with Gasteiger partial charge in [0.05, 0.1) is 13.2 Å². The normalized spacial score (nSPS) is 14.3. The van der Waals surface area contributed by atoms with Gasteiger partial charge < -0.3 is 15.0 Å². The van der Waals surface area contributed by atoms with Crippen molar-refractivity contribution in [2.45, 2.75) is 32.7 Å². The first-order valence-corrected chi connectivity index (χ1v) is 9.51. The Bertz CT molecular complexity index is 689. The second-order valence-corrected chi connectivity index (χ2v) is 6.71. The van der Waals surface area contributed by atoms with Crippen molar-refractivity contribution in [1.82, 2.24) is 5.32 Å². The third kappa shape index (κ3) is 5.33. The Morgan fingerprint density at radius 2 is 1.58 bits per heavy atom. The van der Waals surface area contributed by atoms with E-state index >= 15 is 0 Å². The molecule has 0 atom stereocenters. The first-order chi connectivity index (χ1) is 12.7. The van der Waals surface area contributed by atoms with Crippen LogP contribution in [-0.2, 0) is 28.9 Å². The van der Waals surface area contributed by atoms with Crippen LogP contribution in [0.1, 0.15) is 30.0 Å². The molecule has 4 heteroatoms. The van der Waals surface area contributed by atoms with Crippen LogP contribution in [0.5, 0.6) is 0 Å². The summed E-state index contributed by atoms with van der Waals surface area (Å²) >= 11 is 0. The van der Waals surface area contributed by atoms with Gasteiger partial charge in [-0.3, -0.25) is 4.79 Å². The molecular weight excluding hydrogens is 324 g/mol. The molecule has 1 heterocycles. The van der Waals surface area contributed by atoms with Gasteiger partial charge in [-0.05, 0) is 41.7 Å². The highest BCUT2D eigenvalue weighted by Gasteiger charge is 2.10. The number of anilines is 1. The predicted molar refractivity (Wildman–Crippen MR) is 105 cm³/mol. The van der Waals surface area contributed by atoms with Crippen LogP contribution in [0.25, 0.3) is 0 Å². The van der Waals surface area contributed by atoms with Crippen LogP contribution in [0, 0.1) is 0 Å². The summed E-state index contributed by atoms with van der Waals surface area (Å²) in [6.07, 6.45) is 2.36. The zero-order valence-corrected chi connectivity index (χ0v) is 15.5. The van der Waals surface area contributed by atoms with E-state index in [2.05, 4.69) is 65.7 Å². The number of amides is 1. The summed E-state index contributed by atoms with van der Waals surface area (Å²) in [4.78, 5) is 14.4. The molecule has 0 aliphatic carbocycles. The standard InChI is InChI=1S/C22H28N2O2/c1-2-18-3-5-19(6-4-18)9-12-22(25)23-17-20-7-10-21(11-8-20)24-13-15-26-16-14-24/h3-8,10-11H,2,9,12-17H2,1H3,(H,23,25). The lowest BCUT2D eigenvalue weighted by atomic mass is 10.1. The molecule has 1 fully saturated rings. The van der Waals surface area contributed by atoms with E-state index in [9.17, 15) is 4.79 Å². The molecule has 2 aromatic rings. The Morgan fingerprint density at radius 3 is 2.23 bits per heavy atom. The summed E-state index contributed by atoms with van der Waals surface area (Å²) < 4.78 is 5.39. The number of nitrogens with zero attached hydrogens (tertiary/aromatic N) is 1. The number of nitrogens with one attached hydrogen (secondary N) is 1. The molecule has 138 valence electrons. The van der Waals surface area contributed by atoms with E-state index in [1.165, 1.54) is 16.8 Å². The third-order valence-electron chi connectivity index (χ3n) is 4.87. The quantitative estimate of drug-likeness (QED) is 0.831. The topological polar surface area (TPSA) is 41.6 Å². The first kappa shape index (κ1) is 18.5. The molecule has 1 N–H and O–H groups in total. The minimum Gasteiger partial charge on any atom is -0.378 e. The molecule has 2 aromatic carbocycles. The van der Waals surface area contributed by atoms with Gasteiger partial charge in [0.25, 0.3) is 0 Å². The van der Waals surface area contributed by atoms with Crippen molar-refractivity contribution >= 4 is 11.6 Å². The molecule has 0 spiro atoms. The highest BCUT2D eigenvalue weighted by Crippen LogP contribution is 2.16. The van der Waals surface area contributed by atoms with Gasteiger partial charge in [-0.2, -0.15) is 0 Å². The third-order valence-corrected chi connectivity index (χ3v) is 4.87. The smallest absolute Gasteiger partial charge is 0.220 e. The van der Waals surface area contributed by atoms with E-state index in [0.717, 1.165) is 44.7 Å². The summed E-state index contributed by atoms with van der Waals surface area (Å²) in [7, 11) is 0. The summed E-state index contributed by atoms with van der Waals surface area (Å²) in [5.74, 6) is 0.0989. The second-order valence-electron chi connectivity index (χ2n) is 6.71. The molecule has 26 heavy (non-hydrogen) atoms. The van der Waals surface area contributed by atoms with E-state index in [4.69, 9.17) is 4.74 Å². The van der Waals surface area contributed by atoms with E-state index in [1.54, 1.807) is 0 Å². The summed E-state index contributed by atoms with van der Waals surface area (Å²) in [5.41, 5.74) is 4.90. The average Bonchev–Trinajstić information content (AvgIpc) is 2.72. The molecule has 0 radical (unpaired) electrons. The summed E-state index contributed by atoms with van der Waals surface area (Å²) in [6.45, 7) is 6.19. The zero-order valence-electron chi connectivity index (χ0n) is 15.5. The number of aryl methyl sites for hydroxylation is 2. The number of carbonyl (C=O) groups excluding carboxylic acids is 1. The fourth-order valence-electron chi connectivity index (χ4n) is 3.13. The van der Waals surface area contributed by atoms with Crippen molar-refractivity contribution in [1.29, 1.82) is 0 Å². The van der Waals surface area contributed by atoms with Gasteiger partial charge in [0, 0.05) is 31.7 Å². The highest BCUT2D eigenvalue weighted by atomic mass is 16.5. The van der Waals surface area contributed by atoms with Gasteiger partial charge in [-0.25, -0.2) is 0 Å². The fraction of sp³-hybridized carbons (Fsp3) is 0.409. The van der Waals surface area contributed by atoms with Crippen LogP contribution < -0.4 is 10.2 Å². The Morgan fingerprint density at radius 1 is 0.962 bits per heavy atom. The van der Waals surface area contributed by atoms with Crippen LogP contribution in [-0.4, -0.2) is 32.2 Å². The lowest BCUT2D eigenvalue weighted by Gasteiger charge is -2.28. The minimum atomic E-state index is 0.0989. The van der Waals surface area contributed by atoms with Gasteiger partial charge in [0.1, 0.15) is 0 Å². The van der Waals surface area contributed by atoms with E-state index < -0.39 is 0 Å². The van der Waals surface area contributed by atoms with Crippen molar-refractivity contribution in [3.8, 4) is 0 Å². The molecule has 0 saturated carbocycles. The number of morpholine rings is 1. The molecule has 0 aromatic heterocycles. The fourth-order valence-corrected chi connectivity index (χ4v) is 3.13. The maximum atomic E-state index is 12.1. The number of hydrogen-bond acceptors (Lipinski definition) is 3. The maximum Gasteiger partial charge on any atom is 0.220 e. The van der Waals surface area contributed by atoms with E-state index in [1.807, 2.05) is 0 Å². The lowest BCUT2D eigenvalue weighted by molar-refractivity contribution is -0.121. The van der Waals surface area contributed by atoms with Crippen LogP contribution in [0.2, 0.25) is 0 Å². The zero-order chi connectivity index (χ0) is 18.2. The monoisotopic (exact) mass is 352 g/mol. The molecular formula is C22H28N2O2. The second kappa shape index (κ2) is 9.39. The predicted octanol–water partition coefficient (Wildman–Crippen LogP) is 3.33. The number of carbonyl (C=O) groups is 1. The molecule has 1 saturated heterocycles.